The van der Waals surface area contributed by atoms with Crippen molar-refractivity contribution in [1.82, 2.24) is 10.2 Å². The number of benzene rings is 1. The van der Waals surface area contributed by atoms with E-state index >= 15 is 0 Å². The van der Waals surface area contributed by atoms with Crippen molar-refractivity contribution in [2.24, 2.45) is 15.8 Å². The molecule has 1 aromatic carbocycles. The first kappa shape index (κ1) is 21.1. The summed E-state index contributed by atoms with van der Waals surface area (Å²) in [4.78, 5) is 4.47. The molecule has 1 unspecified atom stereocenters. The first-order valence-corrected chi connectivity index (χ1v) is 11.0. The highest BCUT2D eigenvalue weighted by atomic mass is 32.2. The van der Waals surface area contributed by atoms with Gasteiger partial charge in [0.05, 0.1) is 0 Å². The SMILES string of the molecule is CCSc1nnc(/N=C/c2ccc(C(CC(C)(C)C)C(C)(C)C)cc2)s1. The molecule has 1 aromatic heterocycles. The topological polar surface area (TPSA) is 38.1 Å². The number of hydrogen-bond acceptors (Lipinski definition) is 5. The highest BCUT2D eigenvalue weighted by Crippen LogP contribution is 2.43. The van der Waals surface area contributed by atoms with Crippen molar-refractivity contribution in [2.75, 3.05) is 5.75 Å². The van der Waals surface area contributed by atoms with Crippen LogP contribution >= 0.6 is 23.1 Å². The van der Waals surface area contributed by atoms with E-state index in [0.29, 0.717) is 16.5 Å². The lowest BCUT2D eigenvalue weighted by molar-refractivity contribution is 0.229. The molecule has 0 saturated heterocycles. The predicted molar refractivity (Wildman–Crippen MR) is 116 cm³/mol. The number of hydrogen-bond donors (Lipinski definition) is 0. The van der Waals surface area contributed by atoms with Crippen LogP contribution in [0.2, 0.25) is 0 Å². The fourth-order valence-corrected chi connectivity index (χ4v) is 4.50. The number of aliphatic imine (C=N–C) groups is 1. The molecule has 26 heavy (non-hydrogen) atoms. The fourth-order valence-electron chi connectivity index (χ4n) is 2.92. The van der Waals surface area contributed by atoms with Gasteiger partial charge in [-0.2, -0.15) is 0 Å². The van der Waals surface area contributed by atoms with Gasteiger partial charge >= 0.3 is 0 Å². The molecule has 142 valence electrons. The minimum absolute atomic E-state index is 0.239. The zero-order valence-electron chi connectivity index (χ0n) is 17.0. The molecular weight excluding hydrogens is 358 g/mol. The van der Waals surface area contributed by atoms with Crippen LogP contribution < -0.4 is 0 Å². The summed E-state index contributed by atoms with van der Waals surface area (Å²) in [5.74, 6) is 1.54. The van der Waals surface area contributed by atoms with Crippen LogP contribution in [0, 0.1) is 10.8 Å². The maximum atomic E-state index is 4.47. The van der Waals surface area contributed by atoms with Crippen molar-refractivity contribution >= 4 is 34.4 Å². The molecular formula is C21H31N3S2. The second kappa shape index (κ2) is 8.66. The first-order chi connectivity index (χ1) is 12.1. The average Bonchev–Trinajstić information content (AvgIpc) is 2.97. The van der Waals surface area contributed by atoms with Gasteiger partial charge in [-0.05, 0) is 40.0 Å². The van der Waals surface area contributed by atoms with Gasteiger partial charge in [0.2, 0.25) is 5.13 Å². The molecule has 5 heteroatoms. The normalized spacial score (nSPS) is 14.1. The van der Waals surface area contributed by atoms with Gasteiger partial charge in [-0.25, -0.2) is 4.99 Å². The summed E-state index contributed by atoms with van der Waals surface area (Å²) in [7, 11) is 0. The maximum absolute atomic E-state index is 4.47. The fraction of sp³-hybridized carbons (Fsp3) is 0.571. The largest absolute Gasteiger partial charge is 0.232 e. The van der Waals surface area contributed by atoms with Crippen LogP contribution in [0.25, 0.3) is 0 Å². The van der Waals surface area contributed by atoms with E-state index in [4.69, 9.17) is 0 Å². The summed E-state index contributed by atoms with van der Waals surface area (Å²) < 4.78 is 0.977. The summed E-state index contributed by atoms with van der Waals surface area (Å²) in [5, 5.41) is 8.97. The van der Waals surface area contributed by atoms with Crippen molar-refractivity contribution in [1.29, 1.82) is 0 Å². The van der Waals surface area contributed by atoms with E-state index in [2.05, 4.69) is 87.9 Å². The standard InChI is InChI=1S/C21H31N3S2/c1-8-25-19-24-23-18(26-19)22-14-15-9-11-16(12-10-15)17(21(5,6)7)13-20(2,3)4/h9-12,14,17H,8,13H2,1-7H3/b22-14+. The minimum atomic E-state index is 0.239. The van der Waals surface area contributed by atoms with E-state index in [1.165, 1.54) is 23.3 Å². The molecule has 0 N–H and O–H groups in total. The van der Waals surface area contributed by atoms with Crippen molar-refractivity contribution in [2.45, 2.75) is 65.1 Å². The van der Waals surface area contributed by atoms with Gasteiger partial charge in [-0.1, -0.05) is 95.8 Å². The van der Waals surface area contributed by atoms with Crippen LogP contribution in [-0.2, 0) is 0 Å². The molecule has 3 nitrogen and oxygen atoms in total. The molecule has 0 aliphatic carbocycles. The van der Waals surface area contributed by atoms with E-state index in [-0.39, 0.29) is 5.41 Å². The van der Waals surface area contributed by atoms with E-state index in [0.717, 1.165) is 15.7 Å². The Labute approximate surface area is 166 Å². The van der Waals surface area contributed by atoms with Gasteiger partial charge in [-0.3, -0.25) is 0 Å². The average molecular weight is 390 g/mol. The third-order valence-electron chi connectivity index (χ3n) is 4.19. The third-order valence-corrected chi connectivity index (χ3v) is 6.04. The molecule has 1 heterocycles. The number of thioether (sulfide) groups is 1. The Balaban J connectivity index is 2.13. The van der Waals surface area contributed by atoms with Crippen LogP contribution in [-0.4, -0.2) is 22.2 Å². The van der Waals surface area contributed by atoms with Crippen molar-refractivity contribution in [3.8, 4) is 0 Å². The zero-order valence-corrected chi connectivity index (χ0v) is 18.7. The summed E-state index contributed by atoms with van der Waals surface area (Å²) in [6.07, 6.45) is 3.05. The summed E-state index contributed by atoms with van der Waals surface area (Å²) in [6.45, 7) is 16.1. The van der Waals surface area contributed by atoms with Crippen molar-refractivity contribution in [3.05, 3.63) is 35.4 Å². The highest BCUT2D eigenvalue weighted by molar-refractivity contribution is 8.01. The van der Waals surface area contributed by atoms with E-state index in [1.807, 2.05) is 6.21 Å². The molecule has 0 bridgehead atoms. The summed E-state index contributed by atoms with van der Waals surface area (Å²) >= 11 is 3.24. The molecule has 0 aliphatic rings. The monoisotopic (exact) mass is 389 g/mol. The number of nitrogens with zero attached hydrogens (tertiary/aromatic N) is 3. The van der Waals surface area contributed by atoms with Gasteiger partial charge in [0.25, 0.3) is 0 Å². The second-order valence-corrected chi connectivity index (χ2v) is 11.4. The Morgan fingerprint density at radius 3 is 2.27 bits per heavy atom. The molecule has 2 aromatic rings. The lowest BCUT2D eigenvalue weighted by Crippen LogP contribution is -2.23. The molecule has 0 radical (unpaired) electrons. The van der Waals surface area contributed by atoms with Crippen LogP contribution in [0.4, 0.5) is 5.13 Å². The molecule has 0 amide bonds. The number of rotatable bonds is 6. The quantitative estimate of drug-likeness (QED) is 0.395. The predicted octanol–water partition coefficient (Wildman–Crippen LogP) is 6.97. The molecule has 0 aliphatic heterocycles. The van der Waals surface area contributed by atoms with Gasteiger partial charge in [0.15, 0.2) is 4.34 Å². The molecule has 0 saturated carbocycles. The Hall–Kier alpha value is -1.20. The summed E-state index contributed by atoms with van der Waals surface area (Å²) in [6, 6.07) is 8.81. The lowest BCUT2D eigenvalue weighted by atomic mass is 9.69. The van der Waals surface area contributed by atoms with Crippen LogP contribution in [0.5, 0.6) is 0 Å². The lowest BCUT2D eigenvalue weighted by Gasteiger charge is -2.36. The zero-order chi connectivity index (χ0) is 19.4. The van der Waals surface area contributed by atoms with Crippen LogP contribution in [0.1, 0.15) is 71.9 Å². The van der Waals surface area contributed by atoms with Gasteiger partial charge in [-0.15, -0.1) is 10.2 Å². The van der Waals surface area contributed by atoms with Crippen molar-refractivity contribution in [3.63, 3.8) is 0 Å². The maximum Gasteiger partial charge on any atom is 0.232 e. The Bertz CT molecular complexity index is 719. The van der Waals surface area contributed by atoms with Gasteiger partial charge in [0.1, 0.15) is 0 Å². The molecule has 2 rings (SSSR count). The van der Waals surface area contributed by atoms with Gasteiger partial charge < -0.3 is 0 Å². The van der Waals surface area contributed by atoms with E-state index in [1.54, 1.807) is 11.8 Å². The molecule has 0 spiro atoms. The van der Waals surface area contributed by atoms with E-state index in [9.17, 15) is 0 Å². The minimum Gasteiger partial charge on any atom is -0.226 e. The Kier molecular flexibility index (Phi) is 7.03. The van der Waals surface area contributed by atoms with Crippen LogP contribution in [0.15, 0.2) is 33.6 Å². The summed E-state index contributed by atoms with van der Waals surface area (Å²) in [5.41, 5.74) is 3.05. The Morgan fingerprint density at radius 1 is 1.08 bits per heavy atom. The molecule has 1 atom stereocenters. The number of aromatic nitrogens is 2. The van der Waals surface area contributed by atoms with Crippen LogP contribution in [0.3, 0.4) is 0 Å². The molecule has 0 fully saturated rings. The first-order valence-electron chi connectivity index (χ1n) is 9.19. The Morgan fingerprint density at radius 2 is 1.73 bits per heavy atom. The van der Waals surface area contributed by atoms with E-state index < -0.39 is 0 Å². The third kappa shape index (κ3) is 6.51. The highest BCUT2D eigenvalue weighted by Gasteiger charge is 2.30. The second-order valence-electron chi connectivity index (χ2n) is 8.89. The van der Waals surface area contributed by atoms with Crippen molar-refractivity contribution < 1.29 is 0 Å². The van der Waals surface area contributed by atoms with Gasteiger partial charge in [0, 0.05) is 6.21 Å². The smallest absolute Gasteiger partial charge is 0.226 e.